The third kappa shape index (κ3) is 6.13. The Labute approximate surface area is 179 Å². The molecule has 2 aromatic rings. The summed E-state index contributed by atoms with van der Waals surface area (Å²) >= 11 is 0. The summed E-state index contributed by atoms with van der Waals surface area (Å²) in [6, 6.07) is 11.6. The van der Waals surface area contributed by atoms with Crippen molar-refractivity contribution in [3.05, 3.63) is 53.6 Å². The maximum Gasteiger partial charge on any atom is 0.244 e. The van der Waals surface area contributed by atoms with E-state index in [2.05, 4.69) is 5.32 Å². The summed E-state index contributed by atoms with van der Waals surface area (Å²) in [5.41, 5.74) is 2.52. The average Bonchev–Trinajstić information content (AvgIpc) is 2.70. The van der Waals surface area contributed by atoms with Gasteiger partial charge in [-0.3, -0.25) is 9.10 Å². The quantitative estimate of drug-likeness (QED) is 0.581. The van der Waals surface area contributed by atoms with Crippen molar-refractivity contribution in [2.24, 2.45) is 0 Å². The van der Waals surface area contributed by atoms with Gasteiger partial charge >= 0.3 is 0 Å². The van der Waals surface area contributed by atoms with E-state index in [1.165, 1.54) is 7.11 Å². The van der Waals surface area contributed by atoms with Crippen LogP contribution in [0.15, 0.2) is 42.5 Å². The molecule has 0 radical (unpaired) electrons. The van der Waals surface area contributed by atoms with E-state index in [1.807, 2.05) is 32.0 Å². The number of rotatable bonds is 10. The molecule has 164 valence electrons. The van der Waals surface area contributed by atoms with Gasteiger partial charge in [-0.15, -0.1) is 0 Å². The van der Waals surface area contributed by atoms with Crippen LogP contribution in [0.1, 0.15) is 24.5 Å². The second-order valence-electron chi connectivity index (χ2n) is 7.09. The van der Waals surface area contributed by atoms with Gasteiger partial charge in [0.1, 0.15) is 24.1 Å². The summed E-state index contributed by atoms with van der Waals surface area (Å²) in [5, 5.41) is 2.79. The standard InChI is InChI=1S/C22H30N2O5S/c1-6-20(24(30(5,26)27)18-9-11-19(28-4)12-10-18)22(25)23-13-14-29-21-15-16(2)7-8-17(21)3/h7-12,15,20H,6,13-14H2,1-5H3,(H,23,25)/t20-/m0/s1. The van der Waals surface area contributed by atoms with Gasteiger partial charge in [-0.1, -0.05) is 19.1 Å². The Morgan fingerprint density at radius 1 is 1.13 bits per heavy atom. The lowest BCUT2D eigenvalue weighted by Gasteiger charge is -2.30. The average molecular weight is 435 g/mol. The molecule has 0 spiro atoms. The van der Waals surface area contributed by atoms with E-state index in [0.717, 1.165) is 27.4 Å². The fraction of sp³-hybridized carbons (Fsp3) is 0.409. The Morgan fingerprint density at radius 3 is 2.37 bits per heavy atom. The summed E-state index contributed by atoms with van der Waals surface area (Å²) in [6.45, 7) is 6.27. The number of anilines is 1. The van der Waals surface area contributed by atoms with Gasteiger partial charge in [-0.2, -0.15) is 0 Å². The molecule has 30 heavy (non-hydrogen) atoms. The van der Waals surface area contributed by atoms with E-state index in [9.17, 15) is 13.2 Å². The van der Waals surface area contributed by atoms with Crippen LogP contribution in [-0.4, -0.2) is 46.9 Å². The summed E-state index contributed by atoms with van der Waals surface area (Å²) in [5.74, 6) is 1.00. The van der Waals surface area contributed by atoms with Crippen molar-refractivity contribution >= 4 is 21.6 Å². The Bertz CT molecular complexity index is 958. The number of sulfonamides is 1. The van der Waals surface area contributed by atoms with E-state index in [4.69, 9.17) is 9.47 Å². The maximum atomic E-state index is 12.8. The fourth-order valence-corrected chi connectivity index (χ4v) is 4.32. The molecule has 2 rings (SSSR count). The lowest BCUT2D eigenvalue weighted by molar-refractivity contribution is -0.122. The molecule has 0 aliphatic heterocycles. The maximum absolute atomic E-state index is 12.8. The van der Waals surface area contributed by atoms with Crippen LogP contribution >= 0.6 is 0 Å². The van der Waals surface area contributed by atoms with Crippen LogP contribution < -0.4 is 19.1 Å². The van der Waals surface area contributed by atoms with E-state index >= 15 is 0 Å². The summed E-state index contributed by atoms with van der Waals surface area (Å²) in [6.07, 6.45) is 1.42. The normalized spacial score (nSPS) is 12.2. The summed E-state index contributed by atoms with van der Waals surface area (Å²) in [7, 11) is -2.14. The van der Waals surface area contributed by atoms with Gasteiger partial charge in [-0.25, -0.2) is 8.42 Å². The molecule has 0 aliphatic carbocycles. The van der Waals surface area contributed by atoms with Gasteiger partial charge in [0, 0.05) is 0 Å². The zero-order chi connectivity index (χ0) is 22.3. The molecule has 1 amide bonds. The molecule has 0 bridgehead atoms. The Hall–Kier alpha value is -2.74. The van der Waals surface area contributed by atoms with Crippen molar-refractivity contribution in [1.29, 1.82) is 0 Å². The van der Waals surface area contributed by atoms with Gasteiger partial charge in [-0.05, 0) is 61.7 Å². The molecule has 1 atom stereocenters. The SMILES string of the molecule is CC[C@@H](C(=O)NCCOc1cc(C)ccc1C)N(c1ccc(OC)cc1)S(C)(=O)=O. The molecule has 0 aliphatic rings. The minimum atomic E-state index is -3.68. The minimum Gasteiger partial charge on any atom is -0.497 e. The zero-order valence-electron chi connectivity index (χ0n) is 18.1. The fourth-order valence-electron chi connectivity index (χ4n) is 3.11. The molecule has 0 unspecified atom stereocenters. The van der Waals surface area contributed by atoms with Crippen molar-refractivity contribution in [2.45, 2.75) is 33.2 Å². The van der Waals surface area contributed by atoms with Crippen LogP contribution in [-0.2, 0) is 14.8 Å². The number of benzene rings is 2. The zero-order valence-corrected chi connectivity index (χ0v) is 19.0. The monoisotopic (exact) mass is 434 g/mol. The number of hydrogen-bond acceptors (Lipinski definition) is 5. The second kappa shape index (κ2) is 10.3. The highest BCUT2D eigenvalue weighted by molar-refractivity contribution is 7.92. The predicted octanol–water partition coefficient (Wildman–Crippen LogP) is 3.05. The van der Waals surface area contributed by atoms with Gasteiger partial charge in [0.15, 0.2) is 0 Å². The number of nitrogens with zero attached hydrogens (tertiary/aromatic N) is 1. The van der Waals surface area contributed by atoms with Gasteiger partial charge in [0.05, 0.1) is 25.6 Å². The third-order valence-corrected chi connectivity index (χ3v) is 5.84. The highest BCUT2D eigenvalue weighted by Gasteiger charge is 2.31. The van der Waals surface area contributed by atoms with Gasteiger partial charge in [0.2, 0.25) is 15.9 Å². The number of methoxy groups -OCH3 is 1. The molecule has 7 nitrogen and oxygen atoms in total. The van der Waals surface area contributed by atoms with Crippen molar-refractivity contribution in [1.82, 2.24) is 5.32 Å². The molecule has 0 aromatic heterocycles. The largest absolute Gasteiger partial charge is 0.497 e. The van der Waals surface area contributed by atoms with Crippen LogP contribution in [0.4, 0.5) is 5.69 Å². The molecule has 2 aromatic carbocycles. The van der Waals surface area contributed by atoms with Crippen LogP contribution in [0.3, 0.4) is 0 Å². The number of nitrogens with one attached hydrogen (secondary N) is 1. The van der Waals surface area contributed by atoms with Gasteiger partial charge < -0.3 is 14.8 Å². The second-order valence-corrected chi connectivity index (χ2v) is 8.95. The Morgan fingerprint density at radius 2 is 1.80 bits per heavy atom. The molecular formula is C22H30N2O5S. The molecular weight excluding hydrogens is 404 g/mol. The topological polar surface area (TPSA) is 84.9 Å². The number of carbonyl (C=O) groups excluding carboxylic acids is 1. The Kier molecular flexibility index (Phi) is 8.11. The first-order chi connectivity index (χ1) is 14.2. The predicted molar refractivity (Wildman–Crippen MR) is 119 cm³/mol. The number of carbonyl (C=O) groups is 1. The lowest BCUT2D eigenvalue weighted by atomic mass is 10.1. The van der Waals surface area contributed by atoms with Gasteiger partial charge in [0.25, 0.3) is 0 Å². The molecule has 0 fully saturated rings. The number of amides is 1. The first-order valence-electron chi connectivity index (χ1n) is 9.78. The van der Waals surface area contributed by atoms with Crippen molar-refractivity contribution in [2.75, 3.05) is 30.8 Å². The van der Waals surface area contributed by atoms with Crippen LogP contribution in [0.25, 0.3) is 0 Å². The summed E-state index contributed by atoms with van der Waals surface area (Å²) < 4.78 is 37.0. The highest BCUT2D eigenvalue weighted by atomic mass is 32.2. The molecule has 0 saturated carbocycles. The van der Waals surface area contributed by atoms with Crippen LogP contribution in [0, 0.1) is 13.8 Å². The number of hydrogen-bond donors (Lipinski definition) is 1. The lowest BCUT2D eigenvalue weighted by Crippen LogP contribution is -2.50. The molecule has 8 heteroatoms. The first kappa shape index (κ1) is 23.5. The third-order valence-electron chi connectivity index (χ3n) is 4.66. The number of aryl methyl sites for hydroxylation is 2. The molecule has 0 saturated heterocycles. The molecule has 0 heterocycles. The van der Waals surface area contributed by atoms with E-state index in [1.54, 1.807) is 31.2 Å². The summed E-state index contributed by atoms with van der Waals surface area (Å²) in [4.78, 5) is 12.8. The number of ether oxygens (including phenoxy) is 2. The van der Waals surface area contributed by atoms with Crippen LogP contribution in [0.2, 0.25) is 0 Å². The van der Waals surface area contributed by atoms with Crippen molar-refractivity contribution in [3.63, 3.8) is 0 Å². The van der Waals surface area contributed by atoms with Crippen LogP contribution in [0.5, 0.6) is 11.5 Å². The van der Waals surface area contributed by atoms with E-state index in [0.29, 0.717) is 17.9 Å². The van der Waals surface area contributed by atoms with E-state index in [-0.39, 0.29) is 19.1 Å². The molecule has 1 N–H and O–H groups in total. The smallest absolute Gasteiger partial charge is 0.244 e. The van der Waals surface area contributed by atoms with Crippen molar-refractivity contribution < 1.29 is 22.7 Å². The highest BCUT2D eigenvalue weighted by Crippen LogP contribution is 2.25. The van der Waals surface area contributed by atoms with Crippen molar-refractivity contribution in [3.8, 4) is 11.5 Å². The first-order valence-corrected chi connectivity index (χ1v) is 11.6. The Balaban J connectivity index is 2.07. The minimum absolute atomic E-state index is 0.267. The van der Waals surface area contributed by atoms with E-state index < -0.39 is 16.1 Å².